The van der Waals surface area contributed by atoms with Crippen molar-refractivity contribution in [1.29, 1.82) is 0 Å². The highest BCUT2D eigenvalue weighted by Crippen LogP contribution is 2.31. The number of rotatable bonds is 6. The molecular formula is C19H34N4O. The molecule has 0 aromatic heterocycles. The van der Waals surface area contributed by atoms with Crippen LogP contribution in [-0.4, -0.2) is 67.2 Å². The molecule has 0 bridgehead atoms. The molecule has 5 nitrogen and oxygen atoms in total. The lowest BCUT2D eigenvalue weighted by Gasteiger charge is -2.20. The minimum Gasteiger partial charge on any atom is -0.338 e. The number of hydrogen-bond donors (Lipinski definition) is 2. The third-order valence-electron chi connectivity index (χ3n) is 6.53. The van der Waals surface area contributed by atoms with Crippen molar-refractivity contribution in [2.75, 3.05) is 39.3 Å². The summed E-state index contributed by atoms with van der Waals surface area (Å²) in [6, 6.07) is 1.26. The summed E-state index contributed by atoms with van der Waals surface area (Å²) in [6.45, 7) is 6.70. The van der Waals surface area contributed by atoms with Crippen molar-refractivity contribution >= 4 is 6.03 Å². The molecule has 2 saturated heterocycles. The number of likely N-dealkylation sites (tertiary alicyclic amines) is 2. The summed E-state index contributed by atoms with van der Waals surface area (Å²) in [6.07, 6.45) is 10.8. The van der Waals surface area contributed by atoms with Crippen molar-refractivity contribution in [3.05, 3.63) is 0 Å². The zero-order chi connectivity index (χ0) is 16.4. The van der Waals surface area contributed by atoms with Crippen LogP contribution in [0.15, 0.2) is 0 Å². The lowest BCUT2D eigenvalue weighted by Crippen LogP contribution is -2.45. The normalized spacial score (nSPS) is 32.5. The second kappa shape index (κ2) is 7.61. The van der Waals surface area contributed by atoms with Crippen LogP contribution in [0.2, 0.25) is 0 Å². The molecule has 2 heterocycles. The predicted molar refractivity (Wildman–Crippen MR) is 96.0 cm³/mol. The highest BCUT2D eigenvalue weighted by Gasteiger charge is 2.34. The van der Waals surface area contributed by atoms with Crippen LogP contribution < -0.4 is 10.6 Å². The van der Waals surface area contributed by atoms with E-state index >= 15 is 0 Å². The van der Waals surface area contributed by atoms with Crippen molar-refractivity contribution in [3.8, 4) is 0 Å². The molecule has 5 heteroatoms. The van der Waals surface area contributed by atoms with Crippen LogP contribution >= 0.6 is 0 Å². The summed E-state index contributed by atoms with van der Waals surface area (Å²) in [5.74, 6) is 1.56. The smallest absolute Gasteiger partial charge is 0.315 e. The zero-order valence-corrected chi connectivity index (χ0v) is 15.0. The third-order valence-corrected chi connectivity index (χ3v) is 6.53. The van der Waals surface area contributed by atoms with Gasteiger partial charge in [0.1, 0.15) is 0 Å². The van der Waals surface area contributed by atoms with E-state index in [1.54, 1.807) is 0 Å². The third kappa shape index (κ3) is 4.42. The van der Waals surface area contributed by atoms with Crippen LogP contribution in [0, 0.1) is 11.8 Å². The molecule has 2 aliphatic heterocycles. The Morgan fingerprint density at radius 3 is 2.54 bits per heavy atom. The zero-order valence-electron chi connectivity index (χ0n) is 15.0. The van der Waals surface area contributed by atoms with Gasteiger partial charge in [0.05, 0.1) is 0 Å². The summed E-state index contributed by atoms with van der Waals surface area (Å²) < 4.78 is 0. The van der Waals surface area contributed by atoms with Gasteiger partial charge in [-0.3, -0.25) is 0 Å². The first-order chi connectivity index (χ1) is 11.8. The van der Waals surface area contributed by atoms with Gasteiger partial charge >= 0.3 is 6.03 Å². The number of urea groups is 1. The molecule has 24 heavy (non-hydrogen) atoms. The van der Waals surface area contributed by atoms with Gasteiger partial charge in [-0.15, -0.1) is 0 Å². The Morgan fingerprint density at radius 2 is 1.75 bits per heavy atom. The number of nitrogens with zero attached hydrogens (tertiary/aromatic N) is 2. The maximum atomic E-state index is 12.2. The van der Waals surface area contributed by atoms with E-state index in [1.807, 2.05) is 0 Å². The fraction of sp³-hybridized carbons (Fsp3) is 0.947. The molecule has 0 aromatic carbocycles. The molecule has 2 atom stereocenters. The van der Waals surface area contributed by atoms with Crippen molar-refractivity contribution in [2.45, 2.75) is 63.5 Å². The van der Waals surface area contributed by atoms with Gasteiger partial charge in [0.2, 0.25) is 0 Å². The lowest BCUT2D eigenvalue weighted by molar-refractivity contribution is 0.232. The van der Waals surface area contributed by atoms with Gasteiger partial charge < -0.3 is 20.4 Å². The largest absolute Gasteiger partial charge is 0.338 e. The van der Waals surface area contributed by atoms with Crippen LogP contribution in [0.25, 0.3) is 0 Å². The van der Waals surface area contributed by atoms with Gasteiger partial charge in [-0.2, -0.15) is 0 Å². The molecule has 4 fully saturated rings. The van der Waals surface area contributed by atoms with Crippen molar-refractivity contribution in [1.82, 2.24) is 20.4 Å². The Labute approximate surface area is 146 Å². The van der Waals surface area contributed by atoms with E-state index in [2.05, 4.69) is 20.4 Å². The molecular weight excluding hydrogens is 300 g/mol. The minimum atomic E-state index is 0.0487. The summed E-state index contributed by atoms with van der Waals surface area (Å²) in [7, 11) is 0. The first kappa shape index (κ1) is 16.6. The summed E-state index contributed by atoms with van der Waals surface area (Å²) in [4.78, 5) is 17.4. The number of nitrogens with one attached hydrogen (secondary N) is 2. The summed E-state index contributed by atoms with van der Waals surface area (Å²) in [5.41, 5.74) is 0. The maximum absolute atomic E-state index is 12.2. The summed E-state index contributed by atoms with van der Waals surface area (Å²) in [5, 5.41) is 6.32. The predicted octanol–water partition coefficient (Wildman–Crippen LogP) is 2.03. The summed E-state index contributed by atoms with van der Waals surface area (Å²) >= 11 is 0. The molecule has 0 spiro atoms. The van der Waals surface area contributed by atoms with Gasteiger partial charge in [-0.25, -0.2) is 4.79 Å². The van der Waals surface area contributed by atoms with Crippen molar-refractivity contribution in [3.63, 3.8) is 0 Å². The Kier molecular flexibility index (Phi) is 5.28. The van der Waals surface area contributed by atoms with Gasteiger partial charge in [-0.1, -0.05) is 12.8 Å². The Bertz CT molecular complexity index is 433. The van der Waals surface area contributed by atoms with Crippen molar-refractivity contribution in [2.24, 2.45) is 11.8 Å². The molecule has 4 aliphatic rings. The van der Waals surface area contributed by atoms with E-state index in [1.165, 1.54) is 64.6 Å². The quantitative estimate of drug-likeness (QED) is 0.781. The van der Waals surface area contributed by atoms with Crippen LogP contribution in [0.1, 0.15) is 51.4 Å². The Morgan fingerprint density at radius 1 is 0.917 bits per heavy atom. The van der Waals surface area contributed by atoms with Crippen LogP contribution in [0.5, 0.6) is 0 Å². The SMILES string of the molecule is O=C(NC[C@@H]1CCN(C2CC2)C1)N[C@H]1CCN(CC2CCCC2)C1. The van der Waals surface area contributed by atoms with E-state index in [-0.39, 0.29) is 6.03 Å². The van der Waals surface area contributed by atoms with E-state index < -0.39 is 0 Å². The fourth-order valence-electron chi connectivity index (χ4n) is 4.95. The molecule has 0 unspecified atom stereocenters. The molecule has 2 aliphatic carbocycles. The topological polar surface area (TPSA) is 47.6 Å². The van der Waals surface area contributed by atoms with Gasteiger partial charge in [0.25, 0.3) is 0 Å². The van der Waals surface area contributed by atoms with Crippen LogP contribution in [0.4, 0.5) is 4.79 Å². The number of carbonyl (C=O) groups is 1. The van der Waals surface area contributed by atoms with E-state index in [0.717, 1.165) is 38.0 Å². The van der Waals surface area contributed by atoms with E-state index in [9.17, 15) is 4.79 Å². The Hall–Kier alpha value is -0.810. The molecule has 2 saturated carbocycles. The van der Waals surface area contributed by atoms with E-state index in [4.69, 9.17) is 0 Å². The number of carbonyl (C=O) groups excluding carboxylic acids is 1. The molecule has 2 N–H and O–H groups in total. The van der Waals surface area contributed by atoms with Crippen LogP contribution in [0.3, 0.4) is 0 Å². The highest BCUT2D eigenvalue weighted by molar-refractivity contribution is 5.74. The average Bonchev–Trinajstić information content (AvgIpc) is 2.98. The number of amides is 2. The molecule has 4 rings (SSSR count). The Balaban J connectivity index is 1.11. The average molecular weight is 335 g/mol. The lowest BCUT2D eigenvalue weighted by atomic mass is 10.1. The standard InChI is InChI=1S/C19H34N4O/c24-19(20-11-16-7-10-23(13-16)18-5-6-18)21-17-8-9-22(14-17)12-15-3-1-2-4-15/h15-18H,1-14H2,(H2,20,21,24)/t16-,17-/m0/s1. The maximum Gasteiger partial charge on any atom is 0.315 e. The molecule has 0 radical (unpaired) electrons. The fourth-order valence-corrected chi connectivity index (χ4v) is 4.95. The molecule has 2 amide bonds. The highest BCUT2D eigenvalue weighted by atomic mass is 16.2. The van der Waals surface area contributed by atoms with Crippen molar-refractivity contribution < 1.29 is 4.79 Å². The van der Waals surface area contributed by atoms with E-state index in [0.29, 0.717) is 12.0 Å². The monoisotopic (exact) mass is 334 g/mol. The van der Waals surface area contributed by atoms with Crippen LogP contribution in [-0.2, 0) is 0 Å². The second-order valence-electron chi connectivity index (χ2n) is 8.63. The molecule has 136 valence electrons. The van der Waals surface area contributed by atoms with Gasteiger partial charge in [-0.05, 0) is 56.9 Å². The molecule has 0 aromatic rings. The first-order valence-corrected chi connectivity index (χ1v) is 10.3. The first-order valence-electron chi connectivity index (χ1n) is 10.3. The second-order valence-corrected chi connectivity index (χ2v) is 8.63. The number of hydrogen-bond acceptors (Lipinski definition) is 3. The minimum absolute atomic E-state index is 0.0487. The van der Waals surface area contributed by atoms with Gasteiger partial charge in [0.15, 0.2) is 0 Å². The van der Waals surface area contributed by atoms with Gasteiger partial charge in [0, 0.05) is 44.8 Å².